The summed E-state index contributed by atoms with van der Waals surface area (Å²) in [7, 11) is 1.70. The summed E-state index contributed by atoms with van der Waals surface area (Å²) in [6, 6.07) is 20.3. The summed E-state index contributed by atoms with van der Waals surface area (Å²) in [4.78, 5) is 0. The second-order valence-electron chi connectivity index (χ2n) is 8.51. The Balaban J connectivity index is 1.68. The highest BCUT2D eigenvalue weighted by Gasteiger charge is 2.19. The van der Waals surface area contributed by atoms with Crippen LogP contribution < -0.4 is 18.9 Å². The molecule has 1 aliphatic heterocycles. The Hall–Kier alpha value is -3.66. The van der Waals surface area contributed by atoms with E-state index in [4.69, 9.17) is 18.9 Å². The topological polar surface area (TPSA) is 36.9 Å². The summed E-state index contributed by atoms with van der Waals surface area (Å²) in [6.45, 7) is 7.74. The molecule has 1 heterocycles. The maximum atomic E-state index is 6.27. The molecular weight excluding hydrogens is 424 g/mol. The average Bonchev–Trinajstić information content (AvgIpc) is 2.86. The molecule has 0 amide bonds. The van der Waals surface area contributed by atoms with E-state index in [9.17, 15) is 0 Å². The van der Waals surface area contributed by atoms with E-state index in [1.165, 1.54) is 5.57 Å². The van der Waals surface area contributed by atoms with Crippen molar-refractivity contribution in [2.24, 2.45) is 0 Å². The first-order chi connectivity index (χ1) is 16.6. The average molecular weight is 457 g/mol. The van der Waals surface area contributed by atoms with Gasteiger partial charge in [-0.3, -0.25) is 0 Å². The predicted molar refractivity (Wildman–Crippen MR) is 138 cm³/mol. The third kappa shape index (κ3) is 5.63. The van der Waals surface area contributed by atoms with E-state index in [0.717, 1.165) is 57.2 Å². The van der Waals surface area contributed by atoms with Gasteiger partial charge in [-0.1, -0.05) is 42.0 Å². The van der Waals surface area contributed by atoms with Crippen LogP contribution >= 0.6 is 0 Å². The highest BCUT2D eigenvalue weighted by molar-refractivity contribution is 5.88. The van der Waals surface area contributed by atoms with Crippen LogP contribution in [0.2, 0.25) is 0 Å². The highest BCUT2D eigenvalue weighted by atomic mass is 16.5. The maximum absolute atomic E-state index is 6.27. The first-order valence-corrected chi connectivity index (χ1v) is 11.7. The Labute approximate surface area is 202 Å². The van der Waals surface area contributed by atoms with Crippen LogP contribution in [0.5, 0.6) is 23.0 Å². The molecule has 0 unspecified atom stereocenters. The fraction of sp³-hybridized carbons (Fsp3) is 0.267. The lowest BCUT2D eigenvalue weighted by molar-refractivity contribution is 0.297. The Morgan fingerprint density at radius 2 is 1.79 bits per heavy atom. The van der Waals surface area contributed by atoms with Crippen LogP contribution in [0, 0.1) is 0 Å². The number of hydrogen-bond donors (Lipinski definition) is 0. The Kier molecular flexibility index (Phi) is 7.58. The molecule has 0 fully saturated rings. The molecule has 4 nitrogen and oxygen atoms in total. The normalized spacial score (nSPS) is 12.2. The van der Waals surface area contributed by atoms with Gasteiger partial charge < -0.3 is 18.9 Å². The number of methoxy groups -OCH3 is 1. The molecule has 0 bridgehead atoms. The van der Waals surface area contributed by atoms with Crippen molar-refractivity contribution in [2.45, 2.75) is 33.8 Å². The smallest absolute Gasteiger partial charge is 0.131 e. The summed E-state index contributed by atoms with van der Waals surface area (Å²) in [5.41, 5.74) is 6.65. The van der Waals surface area contributed by atoms with E-state index in [0.29, 0.717) is 19.8 Å². The van der Waals surface area contributed by atoms with Gasteiger partial charge >= 0.3 is 0 Å². The molecule has 0 saturated heterocycles. The molecule has 1 aliphatic rings. The molecule has 4 rings (SSSR count). The second-order valence-corrected chi connectivity index (χ2v) is 8.51. The molecule has 4 heteroatoms. The molecular formula is C30H32O4. The third-order valence-corrected chi connectivity index (χ3v) is 5.70. The zero-order valence-electron chi connectivity index (χ0n) is 20.4. The SMILES string of the molecule is CCOc1ccc(C2=Cc3cc(CC=C(C)C)c(OC)cc3OC2)c(OCc2ccccc2)c1. The van der Waals surface area contributed by atoms with Crippen LogP contribution in [0.1, 0.15) is 43.0 Å². The zero-order valence-corrected chi connectivity index (χ0v) is 20.4. The minimum Gasteiger partial charge on any atom is -0.496 e. The Bertz CT molecular complexity index is 1190. The van der Waals surface area contributed by atoms with Gasteiger partial charge in [0.15, 0.2) is 0 Å². The predicted octanol–water partition coefficient (Wildman–Crippen LogP) is 7.11. The minimum absolute atomic E-state index is 0.457. The van der Waals surface area contributed by atoms with Crippen molar-refractivity contribution in [1.29, 1.82) is 0 Å². The van der Waals surface area contributed by atoms with Crippen LogP contribution in [-0.2, 0) is 13.0 Å². The molecule has 34 heavy (non-hydrogen) atoms. The van der Waals surface area contributed by atoms with Crippen molar-refractivity contribution in [1.82, 2.24) is 0 Å². The number of ether oxygens (including phenoxy) is 4. The van der Waals surface area contributed by atoms with Crippen molar-refractivity contribution < 1.29 is 18.9 Å². The molecule has 0 N–H and O–H groups in total. The van der Waals surface area contributed by atoms with Gasteiger partial charge in [-0.15, -0.1) is 0 Å². The quantitative estimate of drug-likeness (QED) is 0.321. The van der Waals surface area contributed by atoms with Crippen molar-refractivity contribution in [3.63, 3.8) is 0 Å². The standard InChI is InChI=1S/C30H32O4/c1-5-32-26-13-14-27(30(17-26)33-19-22-9-7-6-8-10-22)25-16-24-15-23(12-11-21(2)3)28(31-4)18-29(24)34-20-25/h6-11,13-18H,5,12,19-20H2,1-4H3. The summed E-state index contributed by atoms with van der Waals surface area (Å²) in [5, 5.41) is 0. The molecule has 176 valence electrons. The number of benzene rings is 3. The second kappa shape index (κ2) is 11.0. The van der Waals surface area contributed by atoms with E-state index >= 15 is 0 Å². The fourth-order valence-electron chi connectivity index (χ4n) is 3.95. The van der Waals surface area contributed by atoms with Crippen molar-refractivity contribution in [2.75, 3.05) is 20.3 Å². The molecule has 0 spiro atoms. The molecule has 0 radical (unpaired) electrons. The van der Waals surface area contributed by atoms with E-state index in [1.807, 2.05) is 43.3 Å². The monoisotopic (exact) mass is 456 g/mol. The number of fused-ring (bicyclic) bond motifs is 1. The van der Waals surface area contributed by atoms with Gasteiger partial charge in [-0.2, -0.15) is 0 Å². The molecule has 3 aromatic rings. The zero-order chi connectivity index (χ0) is 23.9. The lowest BCUT2D eigenvalue weighted by Gasteiger charge is -2.22. The molecule has 3 aromatic carbocycles. The highest BCUT2D eigenvalue weighted by Crippen LogP contribution is 2.39. The summed E-state index contributed by atoms with van der Waals surface area (Å²) >= 11 is 0. The Morgan fingerprint density at radius 1 is 0.971 bits per heavy atom. The molecule has 0 saturated carbocycles. The first kappa shape index (κ1) is 23.5. The van der Waals surface area contributed by atoms with Gasteiger partial charge in [0.1, 0.15) is 36.2 Å². The van der Waals surface area contributed by atoms with E-state index < -0.39 is 0 Å². The summed E-state index contributed by atoms with van der Waals surface area (Å²) in [6.07, 6.45) is 5.21. The summed E-state index contributed by atoms with van der Waals surface area (Å²) < 4.78 is 23.8. The number of rotatable bonds is 9. The molecule has 0 aromatic heterocycles. The lowest BCUT2D eigenvalue weighted by atomic mass is 9.97. The van der Waals surface area contributed by atoms with E-state index in [-0.39, 0.29) is 0 Å². The van der Waals surface area contributed by atoms with Crippen LogP contribution in [0.15, 0.2) is 72.3 Å². The van der Waals surface area contributed by atoms with Gasteiger partial charge in [-0.05, 0) is 62.6 Å². The van der Waals surface area contributed by atoms with Crippen molar-refractivity contribution in [3.8, 4) is 23.0 Å². The van der Waals surface area contributed by atoms with E-state index in [1.54, 1.807) is 7.11 Å². The largest absolute Gasteiger partial charge is 0.496 e. The van der Waals surface area contributed by atoms with Gasteiger partial charge in [0, 0.05) is 28.8 Å². The van der Waals surface area contributed by atoms with Gasteiger partial charge in [0.05, 0.1) is 13.7 Å². The van der Waals surface area contributed by atoms with E-state index in [2.05, 4.69) is 50.3 Å². The van der Waals surface area contributed by atoms with Crippen LogP contribution in [-0.4, -0.2) is 20.3 Å². The molecule has 0 aliphatic carbocycles. The van der Waals surface area contributed by atoms with Gasteiger partial charge in [0.25, 0.3) is 0 Å². The van der Waals surface area contributed by atoms with Gasteiger partial charge in [0.2, 0.25) is 0 Å². The van der Waals surface area contributed by atoms with Crippen LogP contribution in [0.3, 0.4) is 0 Å². The first-order valence-electron chi connectivity index (χ1n) is 11.7. The lowest BCUT2D eigenvalue weighted by Crippen LogP contribution is -2.09. The summed E-state index contributed by atoms with van der Waals surface area (Å²) in [5.74, 6) is 3.26. The number of allylic oxidation sites excluding steroid dienone is 2. The third-order valence-electron chi connectivity index (χ3n) is 5.70. The van der Waals surface area contributed by atoms with Crippen molar-refractivity contribution in [3.05, 3.63) is 94.6 Å². The van der Waals surface area contributed by atoms with Crippen LogP contribution in [0.25, 0.3) is 11.6 Å². The molecule has 0 atom stereocenters. The number of hydrogen-bond acceptors (Lipinski definition) is 4. The van der Waals surface area contributed by atoms with Gasteiger partial charge in [-0.25, -0.2) is 0 Å². The Morgan fingerprint density at radius 3 is 2.53 bits per heavy atom. The maximum Gasteiger partial charge on any atom is 0.131 e. The van der Waals surface area contributed by atoms with Crippen LogP contribution in [0.4, 0.5) is 0 Å². The van der Waals surface area contributed by atoms with Crippen molar-refractivity contribution >= 4 is 11.6 Å². The fourth-order valence-corrected chi connectivity index (χ4v) is 3.95. The minimum atomic E-state index is 0.457.